The molecule has 158 valence electrons. The maximum absolute atomic E-state index is 13.1. The maximum Gasteiger partial charge on any atom is 0.255 e. The monoisotopic (exact) mass is 424 g/mol. The number of benzene rings is 1. The van der Waals surface area contributed by atoms with Crippen LogP contribution in [-0.4, -0.2) is 32.5 Å². The van der Waals surface area contributed by atoms with Crippen molar-refractivity contribution in [3.8, 4) is 35.0 Å². The highest BCUT2D eigenvalue weighted by Crippen LogP contribution is 2.48. The van der Waals surface area contributed by atoms with E-state index in [1.54, 1.807) is 31.5 Å². The van der Waals surface area contributed by atoms with E-state index in [-0.39, 0.29) is 24.8 Å². The Balaban J connectivity index is 1.61. The van der Waals surface area contributed by atoms with Gasteiger partial charge in [-0.05, 0) is 25.1 Å². The van der Waals surface area contributed by atoms with Crippen molar-refractivity contribution in [1.29, 1.82) is 5.26 Å². The van der Waals surface area contributed by atoms with E-state index in [0.717, 1.165) is 5.56 Å². The van der Waals surface area contributed by atoms with E-state index in [4.69, 9.17) is 15.2 Å². The summed E-state index contributed by atoms with van der Waals surface area (Å²) < 4.78 is 37.5. The first kappa shape index (κ1) is 20.6. The van der Waals surface area contributed by atoms with Gasteiger partial charge >= 0.3 is 0 Å². The van der Waals surface area contributed by atoms with Crippen molar-refractivity contribution in [3.05, 3.63) is 53.6 Å². The van der Waals surface area contributed by atoms with Crippen LogP contribution in [0.25, 0.3) is 11.4 Å². The molecule has 3 aromatic rings. The second-order valence-corrected chi connectivity index (χ2v) is 7.11. The van der Waals surface area contributed by atoms with Crippen LogP contribution in [0.5, 0.6) is 17.5 Å². The molecule has 2 heterocycles. The second-order valence-electron chi connectivity index (χ2n) is 7.11. The Hall–Kier alpha value is -3.71. The molecule has 2 aromatic heterocycles. The lowest BCUT2D eigenvalue weighted by atomic mass is 10.1. The summed E-state index contributed by atoms with van der Waals surface area (Å²) in [6.07, 6.45) is 3.03. The molecule has 0 bridgehead atoms. The molecule has 1 aliphatic rings. The Morgan fingerprint density at radius 1 is 1.19 bits per heavy atom. The first-order chi connectivity index (χ1) is 14.9. The fourth-order valence-electron chi connectivity index (χ4n) is 2.85. The van der Waals surface area contributed by atoms with Gasteiger partial charge in [-0.1, -0.05) is 0 Å². The smallest absolute Gasteiger partial charge is 0.255 e. The van der Waals surface area contributed by atoms with Crippen molar-refractivity contribution in [3.63, 3.8) is 0 Å². The molecule has 10 heteroatoms. The van der Waals surface area contributed by atoms with Gasteiger partial charge in [0.15, 0.2) is 5.82 Å². The van der Waals surface area contributed by atoms with Gasteiger partial charge in [0.25, 0.3) is 5.92 Å². The standard InChI is InChI=1S/C21H18F2N6O2/c1-12-28-18(30-11-15-6-21(15,22)23)5-19(29-12)31-17-4-13(7-24)2-3-16(17)20-26-9-14(8-25)10-27-20/h2-5,9-10,15H,6,8,11,25H2,1H3. The van der Waals surface area contributed by atoms with Gasteiger partial charge in [0.1, 0.15) is 11.6 Å². The minimum Gasteiger partial charge on any atom is -0.477 e. The number of nitrogens with zero attached hydrogens (tertiary/aromatic N) is 5. The van der Waals surface area contributed by atoms with E-state index in [0.29, 0.717) is 35.1 Å². The van der Waals surface area contributed by atoms with Crippen molar-refractivity contribution in [2.75, 3.05) is 6.61 Å². The van der Waals surface area contributed by atoms with Crippen molar-refractivity contribution >= 4 is 0 Å². The van der Waals surface area contributed by atoms with Crippen LogP contribution in [0.3, 0.4) is 0 Å². The van der Waals surface area contributed by atoms with Crippen molar-refractivity contribution in [2.24, 2.45) is 11.7 Å². The van der Waals surface area contributed by atoms with Crippen LogP contribution in [0.2, 0.25) is 0 Å². The number of halogens is 2. The number of hydrogen-bond acceptors (Lipinski definition) is 8. The number of alkyl halides is 2. The first-order valence-corrected chi connectivity index (χ1v) is 9.47. The summed E-state index contributed by atoms with van der Waals surface area (Å²) in [6.45, 7) is 1.80. The topological polar surface area (TPSA) is 120 Å². The van der Waals surface area contributed by atoms with Crippen molar-refractivity contribution < 1.29 is 18.3 Å². The minimum absolute atomic E-state index is 0.131. The van der Waals surface area contributed by atoms with Gasteiger partial charge in [-0.15, -0.1) is 0 Å². The quantitative estimate of drug-likeness (QED) is 0.613. The minimum atomic E-state index is -2.67. The molecule has 1 saturated carbocycles. The molecule has 1 fully saturated rings. The number of hydrogen-bond donors (Lipinski definition) is 1. The van der Waals surface area contributed by atoms with Gasteiger partial charge in [0.2, 0.25) is 11.8 Å². The summed E-state index contributed by atoms with van der Waals surface area (Å²) in [5.41, 5.74) is 7.27. The zero-order valence-corrected chi connectivity index (χ0v) is 16.5. The summed E-state index contributed by atoms with van der Waals surface area (Å²) in [6, 6.07) is 8.30. The molecule has 1 aromatic carbocycles. The van der Waals surface area contributed by atoms with Gasteiger partial charge in [-0.3, -0.25) is 0 Å². The van der Waals surface area contributed by atoms with E-state index in [9.17, 15) is 14.0 Å². The average Bonchev–Trinajstić information content (AvgIpc) is 3.38. The number of rotatable bonds is 7. The Morgan fingerprint density at radius 2 is 1.90 bits per heavy atom. The van der Waals surface area contributed by atoms with Gasteiger partial charge < -0.3 is 15.2 Å². The number of nitriles is 1. The number of aromatic nitrogens is 4. The molecule has 2 N–H and O–H groups in total. The van der Waals surface area contributed by atoms with E-state index in [1.807, 2.05) is 0 Å². The second kappa shape index (κ2) is 8.20. The fraction of sp³-hybridized carbons (Fsp3) is 0.286. The normalized spacial score (nSPS) is 16.4. The predicted octanol–water partition coefficient (Wildman–Crippen LogP) is 3.40. The lowest BCUT2D eigenvalue weighted by Gasteiger charge is -2.12. The number of aryl methyl sites for hydroxylation is 1. The Labute approximate surface area is 176 Å². The molecule has 4 rings (SSSR count). The summed E-state index contributed by atoms with van der Waals surface area (Å²) in [5, 5.41) is 9.26. The third-order valence-electron chi connectivity index (χ3n) is 4.69. The SMILES string of the molecule is Cc1nc(OCC2CC2(F)F)cc(Oc2cc(C#N)ccc2-c2ncc(CN)cn2)n1. The highest BCUT2D eigenvalue weighted by molar-refractivity contribution is 5.66. The molecule has 1 atom stereocenters. The van der Waals surface area contributed by atoms with Crippen molar-refractivity contribution in [2.45, 2.75) is 25.8 Å². The summed E-state index contributed by atoms with van der Waals surface area (Å²) in [4.78, 5) is 16.9. The van der Waals surface area contributed by atoms with E-state index in [1.165, 1.54) is 12.1 Å². The molecule has 0 aliphatic heterocycles. The molecule has 0 saturated heterocycles. The zero-order valence-electron chi connectivity index (χ0n) is 16.5. The molecule has 31 heavy (non-hydrogen) atoms. The van der Waals surface area contributed by atoms with Crippen LogP contribution in [0, 0.1) is 24.2 Å². The van der Waals surface area contributed by atoms with Gasteiger partial charge in [0.05, 0.1) is 35.8 Å². The van der Waals surface area contributed by atoms with Crippen molar-refractivity contribution in [1.82, 2.24) is 19.9 Å². The summed E-state index contributed by atoms with van der Waals surface area (Å²) in [5.74, 6) is -2.18. The van der Waals surface area contributed by atoms with Crippen LogP contribution in [0.1, 0.15) is 23.4 Å². The third-order valence-corrected chi connectivity index (χ3v) is 4.69. The molecule has 1 aliphatic carbocycles. The number of ether oxygens (including phenoxy) is 2. The zero-order chi connectivity index (χ0) is 22.0. The van der Waals surface area contributed by atoms with Crippen LogP contribution in [-0.2, 0) is 6.54 Å². The van der Waals surface area contributed by atoms with Crippen LogP contribution < -0.4 is 15.2 Å². The Kier molecular flexibility index (Phi) is 5.44. The first-order valence-electron chi connectivity index (χ1n) is 9.47. The maximum atomic E-state index is 13.1. The Morgan fingerprint density at radius 3 is 2.55 bits per heavy atom. The van der Waals surface area contributed by atoms with Crippen LogP contribution in [0.4, 0.5) is 8.78 Å². The van der Waals surface area contributed by atoms with E-state index < -0.39 is 11.8 Å². The van der Waals surface area contributed by atoms with Gasteiger partial charge in [0, 0.05) is 30.9 Å². The van der Waals surface area contributed by atoms with Crippen LogP contribution >= 0.6 is 0 Å². The van der Waals surface area contributed by atoms with E-state index in [2.05, 4.69) is 26.0 Å². The number of nitrogens with two attached hydrogens (primary N) is 1. The highest BCUT2D eigenvalue weighted by Gasteiger charge is 2.57. The lowest BCUT2D eigenvalue weighted by molar-refractivity contribution is 0.0849. The summed E-state index contributed by atoms with van der Waals surface area (Å²) >= 11 is 0. The molecule has 0 amide bonds. The van der Waals surface area contributed by atoms with Gasteiger partial charge in [-0.25, -0.2) is 18.7 Å². The average molecular weight is 424 g/mol. The van der Waals surface area contributed by atoms with Gasteiger partial charge in [-0.2, -0.15) is 15.2 Å². The molecule has 1 unspecified atom stereocenters. The summed E-state index contributed by atoms with van der Waals surface area (Å²) in [7, 11) is 0. The van der Waals surface area contributed by atoms with Crippen LogP contribution in [0.15, 0.2) is 36.7 Å². The van der Waals surface area contributed by atoms with E-state index >= 15 is 0 Å². The molecule has 0 spiro atoms. The predicted molar refractivity (Wildman–Crippen MR) is 105 cm³/mol. The largest absolute Gasteiger partial charge is 0.477 e. The third kappa shape index (κ3) is 4.73. The highest BCUT2D eigenvalue weighted by atomic mass is 19.3. The molecule has 0 radical (unpaired) electrons. The Bertz CT molecular complexity index is 1150. The molecular formula is C21H18F2N6O2. The molecular weight excluding hydrogens is 406 g/mol. The lowest BCUT2D eigenvalue weighted by Crippen LogP contribution is -2.07. The molecule has 8 nitrogen and oxygen atoms in total. The fourth-order valence-corrected chi connectivity index (χ4v) is 2.85.